The number of nitrogens with one attached hydrogen (secondary N) is 2. The minimum absolute atomic E-state index is 0.131. The van der Waals surface area contributed by atoms with Crippen molar-refractivity contribution in [1.29, 1.82) is 0 Å². The van der Waals surface area contributed by atoms with Crippen molar-refractivity contribution in [2.24, 2.45) is 0 Å². The van der Waals surface area contributed by atoms with Crippen LogP contribution in [0.25, 0.3) is 0 Å². The predicted molar refractivity (Wildman–Crippen MR) is 56.4 cm³/mol. The number of hydrogen-bond donors (Lipinski definition) is 2. The third-order valence-electron chi connectivity index (χ3n) is 2.87. The zero-order chi connectivity index (χ0) is 11.0. The third-order valence-corrected chi connectivity index (χ3v) is 2.87. The molecule has 0 saturated heterocycles. The molecule has 2 aliphatic rings. The van der Waals surface area contributed by atoms with E-state index in [2.05, 4.69) is 15.7 Å². The van der Waals surface area contributed by atoms with Crippen molar-refractivity contribution in [1.82, 2.24) is 20.4 Å². The molecule has 1 aromatic heterocycles. The lowest BCUT2D eigenvalue weighted by molar-refractivity contribution is 0.0951. The highest BCUT2D eigenvalue weighted by Crippen LogP contribution is 2.26. The van der Waals surface area contributed by atoms with Gasteiger partial charge < -0.3 is 15.4 Å². The summed E-state index contributed by atoms with van der Waals surface area (Å²) in [5.74, 6) is 0.525. The maximum absolute atomic E-state index is 11.7. The first kappa shape index (κ1) is 9.65. The molecule has 6 heteroatoms. The smallest absolute Gasteiger partial charge is 0.275 e. The normalized spacial score (nSPS) is 19.9. The van der Waals surface area contributed by atoms with E-state index in [0.717, 1.165) is 31.7 Å². The van der Waals surface area contributed by atoms with Gasteiger partial charge in [-0.3, -0.25) is 9.48 Å². The van der Waals surface area contributed by atoms with E-state index in [-0.39, 0.29) is 5.91 Å². The molecule has 2 N–H and O–H groups in total. The van der Waals surface area contributed by atoms with Gasteiger partial charge in [0, 0.05) is 13.1 Å². The fraction of sp³-hybridized carbons (Fsp3) is 0.600. The predicted octanol–water partition coefficient (Wildman–Crippen LogP) is -0.501. The first-order chi connectivity index (χ1) is 7.86. The maximum Gasteiger partial charge on any atom is 0.275 e. The first-order valence-electron chi connectivity index (χ1n) is 5.57. The van der Waals surface area contributed by atoms with E-state index in [1.165, 1.54) is 0 Å². The van der Waals surface area contributed by atoms with Gasteiger partial charge >= 0.3 is 0 Å². The number of ether oxygens (including phenoxy) is 1. The molecule has 1 amide bonds. The van der Waals surface area contributed by atoms with Crippen LogP contribution in [0.1, 0.15) is 22.6 Å². The summed E-state index contributed by atoms with van der Waals surface area (Å²) in [6.45, 7) is 3.59. The van der Waals surface area contributed by atoms with E-state index in [1.807, 2.05) is 4.68 Å². The highest BCUT2D eigenvalue weighted by molar-refractivity contribution is 5.95. The number of fused-ring (bicyclic) bond motifs is 3. The highest BCUT2D eigenvalue weighted by Gasteiger charge is 2.26. The Morgan fingerprint density at radius 3 is 3.25 bits per heavy atom. The van der Waals surface area contributed by atoms with Crippen LogP contribution in [0.5, 0.6) is 5.75 Å². The molecule has 1 aromatic rings. The van der Waals surface area contributed by atoms with Gasteiger partial charge in [-0.25, -0.2) is 0 Å². The minimum atomic E-state index is -0.131. The second kappa shape index (κ2) is 3.79. The van der Waals surface area contributed by atoms with Crippen LogP contribution >= 0.6 is 0 Å². The second-order valence-electron chi connectivity index (χ2n) is 3.98. The van der Waals surface area contributed by atoms with Gasteiger partial charge in [0.05, 0.1) is 12.2 Å². The summed E-state index contributed by atoms with van der Waals surface area (Å²) < 4.78 is 7.49. The Hall–Kier alpha value is -1.56. The summed E-state index contributed by atoms with van der Waals surface area (Å²) in [6, 6.07) is 0. The Kier molecular flexibility index (Phi) is 2.28. The fourth-order valence-corrected chi connectivity index (χ4v) is 2.10. The zero-order valence-electron chi connectivity index (χ0n) is 8.95. The van der Waals surface area contributed by atoms with Gasteiger partial charge in [-0.15, -0.1) is 0 Å². The average molecular weight is 222 g/mol. The molecule has 0 atom stereocenters. The van der Waals surface area contributed by atoms with Crippen molar-refractivity contribution in [3.8, 4) is 5.75 Å². The molecule has 0 radical (unpaired) electrons. The number of amides is 1. The van der Waals surface area contributed by atoms with Crippen molar-refractivity contribution < 1.29 is 9.53 Å². The van der Waals surface area contributed by atoms with Crippen molar-refractivity contribution in [2.75, 3.05) is 19.7 Å². The van der Waals surface area contributed by atoms with Gasteiger partial charge in [0.1, 0.15) is 6.61 Å². The largest absolute Gasteiger partial charge is 0.487 e. The van der Waals surface area contributed by atoms with Crippen molar-refractivity contribution in [3.63, 3.8) is 0 Å². The van der Waals surface area contributed by atoms with Gasteiger partial charge in [0.2, 0.25) is 0 Å². The first-order valence-corrected chi connectivity index (χ1v) is 5.57. The van der Waals surface area contributed by atoms with Crippen LogP contribution < -0.4 is 15.4 Å². The molecule has 0 fully saturated rings. The van der Waals surface area contributed by atoms with Gasteiger partial charge in [-0.1, -0.05) is 0 Å². The quantitative estimate of drug-likeness (QED) is 0.621. The maximum atomic E-state index is 11.7. The lowest BCUT2D eigenvalue weighted by Crippen LogP contribution is -2.25. The SMILES string of the molecule is O=C1NCCOc2c1nn1c2CNCCC1. The summed E-state index contributed by atoms with van der Waals surface area (Å²) in [5.41, 5.74) is 1.42. The Bertz CT molecular complexity index is 427. The van der Waals surface area contributed by atoms with Crippen molar-refractivity contribution in [2.45, 2.75) is 19.5 Å². The summed E-state index contributed by atoms with van der Waals surface area (Å²) in [4.78, 5) is 11.7. The molecule has 0 unspecified atom stereocenters. The molecule has 86 valence electrons. The van der Waals surface area contributed by atoms with E-state index in [4.69, 9.17) is 4.74 Å². The lowest BCUT2D eigenvalue weighted by Gasteiger charge is -2.05. The van der Waals surface area contributed by atoms with Gasteiger partial charge in [-0.2, -0.15) is 5.10 Å². The van der Waals surface area contributed by atoms with Gasteiger partial charge in [0.15, 0.2) is 11.4 Å². The molecule has 3 rings (SSSR count). The van der Waals surface area contributed by atoms with Gasteiger partial charge in [0.25, 0.3) is 5.91 Å². The van der Waals surface area contributed by atoms with Crippen LogP contribution in [0.4, 0.5) is 0 Å². The monoisotopic (exact) mass is 222 g/mol. The molecule has 3 heterocycles. The highest BCUT2D eigenvalue weighted by atomic mass is 16.5. The minimum Gasteiger partial charge on any atom is -0.487 e. The van der Waals surface area contributed by atoms with E-state index in [9.17, 15) is 4.79 Å². The van der Waals surface area contributed by atoms with Crippen molar-refractivity contribution in [3.05, 3.63) is 11.4 Å². The Labute approximate surface area is 93.0 Å². The Balaban J connectivity index is 2.07. The third kappa shape index (κ3) is 1.46. The molecule has 0 saturated carbocycles. The van der Waals surface area contributed by atoms with Crippen LogP contribution in [-0.4, -0.2) is 35.4 Å². The molecular formula is C10H14N4O2. The van der Waals surface area contributed by atoms with Crippen LogP contribution in [0.15, 0.2) is 0 Å². The number of rotatable bonds is 0. The van der Waals surface area contributed by atoms with Crippen LogP contribution in [0.3, 0.4) is 0 Å². The molecule has 0 spiro atoms. The number of aryl methyl sites for hydroxylation is 1. The number of nitrogens with zero attached hydrogens (tertiary/aromatic N) is 2. The van der Waals surface area contributed by atoms with E-state index in [0.29, 0.717) is 24.6 Å². The number of hydrogen-bond acceptors (Lipinski definition) is 4. The molecule has 16 heavy (non-hydrogen) atoms. The number of carbonyl (C=O) groups is 1. The molecule has 0 bridgehead atoms. The van der Waals surface area contributed by atoms with Crippen molar-refractivity contribution >= 4 is 5.91 Å². The molecule has 6 nitrogen and oxygen atoms in total. The van der Waals surface area contributed by atoms with Crippen LogP contribution in [-0.2, 0) is 13.1 Å². The summed E-state index contributed by atoms with van der Waals surface area (Å²) in [6.07, 6.45) is 1.02. The molecular weight excluding hydrogens is 208 g/mol. The standard InChI is InChI=1S/C10H14N4O2/c15-10-8-9(16-5-3-12-10)7-6-11-2-1-4-14(7)13-8/h11H,1-6H2,(H,12,15). The Morgan fingerprint density at radius 1 is 1.38 bits per heavy atom. The average Bonchev–Trinajstić information content (AvgIpc) is 2.47. The summed E-state index contributed by atoms with van der Waals surface area (Å²) in [7, 11) is 0. The molecule has 2 aliphatic heterocycles. The van der Waals surface area contributed by atoms with E-state index >= 15 is 0 Å². The zero-order valence-corrected chi connectivity index (χ0v) is 8.95. The second-order valence-corrected chi connectivity index (χ2v) is 3.98. The van der Waals surface area contributed by atoms with Gasteiger partial charge in [-0.05, 0) is 13.0 Å². The number of carbonyl (C=O) groups excluding carboxylic acids is 1. The summed E-state index contributed by atoms with van der Waals surface area (Å²) in [5, 5.41) is 10.4. The molecule has 0 aromatic carbocycles. The van der Waals surface area contributed by atoms with Crippen LogP contribution in [0.2, 0.25) is 0 Å². The lowest BCUT2D eigenvalue weighted by atomic mass is 10.3. The molecule has 0 aliphatic carbocycles. The number of aromatic nitrogens is 2. The summed E-state index contributed by atoms with van der Waals surface area (Å²) >= 11 is 0. The topological polar surface area (TPSA) is 68.2 Å². The Morgan fingerprint density at radius 2 is 2.31 bits per heavy atom. The van der Waals surface area contributed by atoms with E-state index < -0.39 is 0 Å². The van der Waals surface area contributed by atoms with Crippen LogP contribution in [0, 0.1) is 0 Å². The fourth-order valence-electron chi connectivity index (χ4n) is 2.10. The van der Waals surface area contributed by atoms with E-state index in [1.54, 1.807) is 0 Å².